The van der Waals surface area contributed by atoms with Gasteiger partial charge in [0.1, 0.15) is 0 Å². The minimum atomic E-state index is -0.314. The first-order chi connectivity index (χ1) is 12.5. The Bertz CT molecular complexity index is 780. The zero-order chi connectivity index (χ0) is 18.9. The van der Waals surface area contributed by atoms with Gasteiger partial charge in [0.25, 0.3) is 5.91 Å². The lowest BCUT2D eigenvalue weighted by Gasteiger charge is -2.12. The van der Waals surface area contributed by atoms with E-state index in [1.165, 1.54) is 7.11 Å². The Balaban J connectivity index is 1.85. The molecule has 0 aromatic heterocycles. The summed E-state index contributed by atoms with van der Waals surface area (Å²) in [6.45, 7) is 2.60. The quantitative estimate of drug-likeness (QED) is 0.739. The van der Waals surface area contributed by atoms with Crippen LogP contribution in [0.4, 0.5) is 5.69 Å². The van der Waals surface area contributed by atoms with E-state index in [9.17, 15) is 9.59 Å². The van der Waals surface area contributed by atoms with Crippen LogP contribution in [0.3, 0.4) is 0 Å². The van der Waals surface area contributed by atoms with E-state index in [4.69, 9.17) is 21.1 Å². The average Bonchev–Trinajstić information content (AvgIpc) is 2.63. The molecule has 7 heteroatoms. The highest BCUT2D eigenvalue weighted by molar-refractivity contribution is 6.33. The van der Waals surface area contributed by atoms with Crippen molar-refractivity contribution in [2.24, 2.45) is 0 Å². The zero-order valence-corrected chi connectivity index (χ0v) is 15.4. The molecule has 0 aliphatic rings. The lowest BCUT2D eigenvalue weighted by atomic mass is 10.2. The fourth-order valence-electron chi connectivity index (χ4n) is 2.27. The van der Waals surface area contributed by atoms with Gasteiger partial charge in [-0.2, -0.15) is 0 Å². The maximum absolute atomic E-state index is 12.0. The molecule has 0 saturated heterocycles. The average molecular weight is 377 g/mol. The van der Waals surface area contributed by atoms with Crippen molar-refractivity contribution in [3.05, 3.63) is 53.1 Å². The molecule has 2 rings (SSSR count). The number of anilines is 1. The second-order valence-corrected chi connectivity index (χ2v) is 5.74. The van der Waals surface area contributed by atoms with Crippen molar-refractivity contribution in [2.75, 3.05) is 25.6 Å². The van der Waals surface area contributed by atoms with Crippen LogP contribution in [-0.2, 0) is 4.79 Å². The number of carbonyl (C=O) groups is 2. The van der Waals surface area contributed by atoms with Crippen LogP contribution >= 0.6 is 11.6 Å². The normalized spacial score (nSPS) is 10.1. The maximum atomic E-state index is 12.0. The second-order valence-electron chi connectivity index (χ2n) is 5.33. The minimum Gasteiger partial charge on any atom is -0.493 e. The summed E-state index contributed by atoms with van der Waals surface area (Å²) < 4.78 is 10.7. The highest BCUT2D eigenvalue weighted by atomic mass is 35.5. The number of ether oxygens (including phenoxy) is 2. The predicted molar refractivity (Wildman–Crippen MR) is 101 cm³/mol. The smallest absolute Gasteiger partial charge is 0.252 e. The van der Waals surface area contributed by atoms with Gasteiger partial charge in [-0.25, -0.2) is 0 Å². The zero-order valence-electron chi connectivity index (χ0n) is 14.7. The number of hydrogen-bond donors (Lipinski definition) is 2. The number of halogens is 1. The molecule has 2 aromatic carbocycles. The molecule has 0 heterocycles. The third-order valence-corrected chi connectivity index (χ3v) is 3.83. The Labute approximate surface area is 157 Å². The van der Waals surface area contributed by atoms with Crippen LogP contribution in [0.1, 0.15) is 23.7 Å². The van der Waals surface area contributed by atoms with Crippen LogP contribution < -0.4 is 20.1 Å². The van der Waals surface area contributed by atoms with E-state index in [-0.39, 0.29) is 24.8 Å². The highest BCUT2D eigenvalue weighted by Crippen LogP contribution is 2.30. The van der Waals surface area contributed by atoms with Crippen LogP contribution in [0.25, 0.3) is 0 Å². The molecule has 0 aliphatic heterocycles. The van der Waals surface area contributed by atoms with E-state index < -0.39 is 0 Å². The number of benzene rings is 2. The molecule has 0 unspecified atom stereocenters. The standard InChI is InChI=1S/C19H21ClN2O4/c1-3-26-16-9-8-13(12-17(16)25-2)22-18(23)10-11-21-19(24)14-6-4-5-7-15(14)20/h4-9,12H,3,10-11H2,1-2H3,(H,21,24)(H,22,23). The van der Waals surface area contributed by atoms with Crippen molar-refractivity contribution in [3.63, 3.8) is 0 Å². The monoisotopic (exact) mass is 376 g/mol. The summed E-state index contributed by atoms with van der Waals surface area (Å²) in [4.78, 5) is 24.1. The number of rotatable bonds is 8. The first kappa shape index (κ1) is 19.6. The van der Waals surface area contributed by atoms with E-state index in [1.807, 2.05) is 6.92 Å². The molecule has 0 aliphatic carbocycles. The molecule has 2 aromatic rings. The molecular weight excluding hydrogens is 356 g/mol. The highest BCUT2D eigenvalue weighted by Gasteiger charge is 2.11. The van der Waals surface area contributed by atoms with Crippen molar-refractivity contribution in [1.29, 1.82) is 0 Å². The molecule has 0 radical (unpaired) electrons. The third kappa shape index (κ3) is 5.39. The Morgan fingerprint density at radius 1 is 1.12 bits per heavy atom. The molecule has 0 bridgehead atoms. The molecule has 0 saturated carbocycles. The Morgan fingerprint density at radius 2 is 1.88 bits per heavy atom. The Hall–Kier alpha value is -2.73. The fourth-order valence-corrected chi connectivity index (χ4v) is 2.50. The lowest BCUT2D eigenvalue weighted by molar-refractivity contribution is -0.116. The molecule has 2 amide bonds. The second kappa shape index (κ2) is 9.68. The maximum Gasteiger partial charge on any atom is 0.252 e. The van der Waals surface area contributed by atoms with Gasteiger partial charge in [-0.1, -0.05) is 23.7 Å². The van der Waals surface area contributed by atoms with Gasteiger partial charge in [-0.05, 0) is 31.2 Å². The van der Waals surface area contributed by atoms with Crippen molar-refractivity contribution >= 4 is 29.1 Å². The van der Waals surface area contributed by atoms with E-state index in [2.05, 4.69) is 10.6 Å². The molecule has 0 fully saturated rings. The number of nitrogens with one attached hydrogen (secondary N) is 2. The van der Waals surface area contributed by atoms with Crippen LogP contribution in [0.15, 0.2) is 42.5 Å². The van der Waals surface area contributed by atoms with Gasteiger partial charge in [0.2, 0.25) is 5.91 Å². The molecule has 138 valence electrons. The van der Waals surface area contributed by atoms with Gasteiger partial charge in [0, 0.05) is 24.7 Å². The van der Waals surface area contributed by atoms with Crippen molar-refractivity contribution in [2.45, 2.75) is 13.3 Å². The van der Waals surface area contributed by atoms with Crippen LogP contribution in [0.2, 0.25) is 5.02 Å². The summed E-state index contributed by atoms with van der Waals surface area (Å²) >= 11 is 5.97. The summed E-state index contributed by atoms with van der Waals surface area (Å²) in [5.41, 5.74) is 0.971. The molecular formula is C19H21ClN2O4. The fraction of sp³-hybridized carbons (Fsp3) is 0.263. The number of amides is 2. The molecule has 0 spiro atoms. The van der Waals surface area contributed by atoms with E-state index in [1.54, 1.807) is 42.5 Å². The third-order valence-electron chi connectivity index (χ3n) is 3.50. The number of hydrogen-bond acceptors (Lipinski definition) is 4. The van der Waals surface area contributed by atoms with Gasteiger partial charge >= 0.3 is 0 Å². The first-order valence-corrected chi connectivity index (χ1v) is 8.56. The summed E-state index contributed by atoms with van der Waals surface area (Å²) in [6, 6.07) is 11.9. The van der Waals surface area contributed by atoms with Crippen LogP contribution in [0.5, 0.6) is 11.5 Å². The van der Waals surface area contributed by atoms with Crippen molar-refractivity contribution in [3.8, 4) is 11.5 Å². The van der Waals surface area contributed by atoms with Gasteiger partial charge in [0.15, 0.2) is 11.5 Å². The summed E-state index contributed by atoms with van der Waals surface area (Å²) in [5.74, 6) is 0.610. The van der Waals surface area contributed by atoms with Gasteiger partial charge in [0.05, 0.1) is 24.3 Å². The van der Waals surface area contributed by atoms with Gasteiger partial charge in [-0.15, -0.1) is 0 Å². The van der Waals surface area contributed by atoms with Crippen molar-refractivity contribution in [1.82, 2.24) is 5.32 Å². The summed E-state index contributed by atoms with van der Waals surface area (Å²) in [5, 5.41) is 5.81. The van der Waals surface area contributed by atoms with Crippen LogP contribution in [-0.4, -0.2) is 32.1 Å². The molecule has 0 atom stereocenters. The predicted octanol–water partition coefficient (Wildman–Crippen LogP) is 3.51. The lowest BCUT2D eigenvalue weighted by Crippen LogP contribution is -2.27. The minimum absolute atomic E-state index is 0.131. The van der Waals surface area contributed by atoms with Gasteiger partial charge in [-0.3, -0.25) is 9.59 Å². The van der Waals surface area contributed by atoms with E-state index >= 15 is 0 Å². The molecule has 6 nitrogen and oxygen atoms in total. The Kier molecular flexibility index (Phi) is 7.29. The number of methoxy groups -OCH3 is 1. The largest absolute Gasteiger partial charge is 0.493 e. The SMILES string of the molecule is CCOc1ccc(NC(=O)CCNC(=O)c2ccccc2Cl)cc1OC. The first-order valence-electron chi connectivity index (χ1n) is 8.18. The summed E-state index contributed by atoms with van der Waals surface area (Å²) in [7, 11) is 1.54. The van der Waals surface area contributed by atoms with Crippen molar-refractivity contribution < 1.29 is 19.1 Å². The molecule has 26 heavy (non-hydrogen) atoms. The molecule has 2 N–H and O–H groups in total. The van der Waals surface area contributed by atoms with Crippen LogP contribution in [0, 0.1) is 0 Å². The number of carbonyl (C=O) groups excluding carboxylic acids is 2. The van der Waals surface area contributed by atoms with E-state index in [0.717, 1.165) is 0 Å². The van der Waals surface area contributed by atoms with Gasteiger partial charge < -0.3 is 20.1 Å². The topological polar surface area (TPSA) is 76.7 Å². The Morgan fingerprint density at radius 3 is 2.58 bits per heavy atom. The summed E-state index contributed by atoms with van der Waals surface area (Å²) in [6.07, 6.45) is 0.131. The van der Waals surface area contributed by atoms with E-state index in [0.29, 0.717) is 34.4 Å².